The van der Waals surface area contributed by atoms with Gasteiger partial charge in [0, 0.05) is 41.4 Å². The third kappa shape index (κ3) is 4.32. The molecule has 1 aliphatic carbocycles. The van der Waals surface area contributed by atoms with Crippen LogP contribution >= 0.6 is 11.3 Å². The first-order valence-corrected chi connectivity index (χ1v) is 17.0. The van der Waals surface area contributed by atoms with Crippen LogP contribution in [-0.4, -0.2) is 87.1 Å². The van der Waals surface area contributed by atoms with E-state index in [4.69, 9.17) is 9.47 Å². The van der Waals surface area contributed by atoms with Crippen molar-refractivity contribution in [2.75, 3.05) is 57.5 Å². The summed E-state index contributed by atoms with van der Waals surface area (Å²) in [6.45, 7) is 11.0. The number of fused-ring (bicyclic) bond motifs is 2. The van der Waals surface area contributed by atoms with Gasteiger partial charge >= 0.3 is 5.97 Å². The maximum absolute atomic E-state index is 12.4. The smallest absolute Gasteiger partial charge is 0.346 e. The van der Waals surface area contributed by atoms with Crippen molar-refractivity contribution in [1.29, 1.82) is 0 Å². The summed E-state index contributed by atoms with van der Waals surface area (Å²) in [5.74, 6) is -0.961. The number of rotatable bonds is 4. The number of aromatic carboxylic acids is 1. The fraction of sp³-hybridized carbons (Fsp3) is 0.379. The van der Waals surface area contributed by atoms with E-state index < -0.39 is 14.0 Å². The molecule has 3 aliphatic heterocycles. The van der Waals surface area contributed by atoms with E-state index in [1.807, 2.05) is 6.07 Å². The highest BCUT2D eigenvalue weighted by molar-refractivity contribution is 7.14. The molecule has 2 aromatic rings. The van der Waals surface area contributed by atoms with Gasteiger partial charge < -0.3 is 24.6 Å². The number of morpholine rings is 2. The lowest BCUT2D eigenvalue weighted by molar-refractivity contribution is -0.547. The molecule has 198 valence electrons. The van der Waals surface area contributed by atoms with E-state index in [0.717, 1.165) is 80.7 Å². The van der Waals surface area contributed by atoms with Gasteiger partial charge in [-0.1, -0.05) is 19.2 Å². The molecule has 0 saturated carbocycles. The number of hydrogen-bond acceptors (Lipinski definition) is 6. The number of aliphatic hydroxyl groups excluding tert-OH is 1. The fourth-order valence-electron chi connectivity index (χ4n) is 6.02. The zero-order valence-electron chi connectivity index (χ0n) is 21.8. The molecule has 0 unspecified atom stereocenters. The Hall–Kier alpha value is -2.82. The number of thiophene rings is 1. The maximum atomic E-state index is 12.4. The van der Waals surface area contributed by atoms with Crippen molar-refractivity contribution < 1.29 is 29.1 Å². The Morgan fingerprint density at radius 3 is 2.50 bits per heavy atom. The highest BCUT2D eigenvalue weighted by atomic mass is 32.1. The van der Waals surface area contributed by atoms with Gasteiger partial charge in [-0.15, -0.1) is 11.3 Å². The quantitative estimate of drug-likeness (QED) is 0.451. The molecular formula is C29H33N2O5SSi+. The minimum Gasteiger partial charge on any atom is -0.477 e. The lowest BCUT2D eigenvalue weighted by atomic mass is 9.89. The van der Waals surface area contributed by atoms with Crippen molar-refractivity contribution in [3.63, 3.8) is 0 Å². The van der Waals surface area contributed by atoms with Gasteiger partial charge in [0.1, 0.15) is 26.2 Å². The second-order valence-corrected chi connectivity index (χ2v) is 16.0. The average Bonchev–Trinajstić information content (AvgIpc) is 3.38. The van der Waals surface area contributed by atoms with Gasteiger partial charge in [0.15, 0.2) is 18.8 Å². The summed E-state index contributed by atoms with van der Waals surface area (Å²) in [5.41, 5.74) is 6.25. The Balaban J connectivity index is 1.60. The minimum absolute atomic E-state index is 0.176. The summed E-state index contributed by atoms with van der Waals surface area (Å²) in [6, 6.07) is 8.56. The summed E-state index contributed by atoms with van der Waals surface area (Å²) >= 11 is 1.16. The molecule has 2 N–H and O–H groups in total. The maximum Gasteiger partial charge on any atom is 0.346 e. The number of nitrogens with zero attached hydrogens (tertiary/aromatic N) is 2. The second-order valence-electron chi connectivity index (χ2n) is 10.6. The van der Waals surface area contributed by atoms with Crippen LogP contribution in [0.15, 0.2) is 53.3 Å². The Bertz CT molecular complexity index is 1420. The van der Waals surface area contributed by atoms with E-state index in [2.05, 4.69) is 59.0 Å². The summed E-state index contributed by atoms with van der Waals surface area (Å²) in [7, 11) is -2.17. The van der Waals surface area contributed by atoms with Gasteiger partial charge in [-0.2, -0.15) is 0 Å². The monoisotopic (exact) mass is 549 g/mol. The molecule has 0 amide bonds. The van der Waals surface area contributed by atoms with E-state index >= 15 is 0 Å². The molecule has 38 heavy (non-hydrogen) atoms. The van der Waals surface area contributed by atoms with Crippen molar-refractivity contribution in [2.45, 2.75) is 19.7 Å². The molecule has 0 radical (unpaired) electrons. The highest BCUT2D eigenvalue weighted by Gasteiger charge is 2.41. The van der Waals surface area contributed by atoms with Gasteiger partial charge in [0.25, 0.3) is 0 Å². The van der Waals surface area contributed by atoms with Crippen LogP contribution in [0, 0.1) is 0 Å². The van der Waals surface area contributed by atoms with Gasteiger partial charge in [0.05, 0.1) is 19.8 Å². The van der Waals surface area contributed by atoms with E-state index in [9.17, 15) is 15.0 Å². The predicted molar refractivity (Wildman–Crippen MR) is 153 cm³/mol. The highest BCUT2D eigenvalue weighted by Crippen LogP contribution is 2.44. The molecule has 6 rings (SSSR count). The normalized spacial score (nSPS) is 20.8. The van der Waals surface area contributed by atoms with Gasteiger partial charge in [0.2, 0.25) is 0 Å². The molecular weight excluding hydrogens is 516 g/mol. The minimum atomic E-state index is -2.17. The van der Waals surface area contributed by atoms with Gasteiger partial charge in [-0.25, -0.2) is 9.37 Å². The third-order valence-corrected chi connectivity index (χ3v) is 12.7. The molecule has 4 heterocycles. The number of ether oxygens (including phenoxy) is 2. The number of carbonyl (C=O) groups is 1. The Kier molecular flexibility index (Phi) is 6.73. The molecule has 0 atom stereocenters. The van der Waals surface area contributed by atoms with Crippen LogP contribution in [0.3, 0.4) is 0 Å². The van der Waals surface area contributed by atoms with Crippen molar-refractivity contribution in [3.8, 4) is 0 Å². The summed E-state index contributed by atoms with van der Waals surface area (Å²) in [4.78, 5) is 15.7. The van der Waals surface area contributed by atoms with Crippen LogP contribution in [-0.2, 0) is 16.1 Å². The Labute approximate surface area is 227 Å². The largest absolute Gasteiger partial charge is 0.477 e. The van der Waals surface area contributed by atoms with Crippen molar-refractivity contribution in [1.82, 2.24) is 0 Å². The van der Waals surface area contributed by atoms with E-state index in [1.165, 1.54) is 21.8 Å². The van der Waals surface area contributed by atoms with Crippen LogP contribution in [0.2, 0.25) is 13.1 Å². The number of allylic oxidation sites excluding steroid dienone is 5. The molecule has 4 aliphatic rings. The number of carboxylic acid groups (broad SMARTS) is 1. The molecule has 7 nitrogen and oxygen atoms in total. The first-order valence-electron chi connectivity index (χ1n) is 13.2. The standard InChI is InChI=1S/C29H32N2O5SSi/c1-38(2)25-15-19(30-7-11-35-12-8-30)3-5-22(25)27(24-17-21(18-32)37-28(24)29(33)34)23-6-4-20(16-26(23)38)31-9-13-36-14-10-31/h3-6,15-17,32H,7-14,18H2,1-2H3/p+1. The van der Waals surface area contributed by atoms with E-state index in [1.54, 1.807) is 0 Å². The Morgan fingerprint density at radius 2 is 1.79 bits per heavy atom. The van der Waals surface area contributed by atoms with Gasteiger partial charge in [-0.05, 0) is 51.4 Å². The predicted octanol–water partition coefficient (Wildman–Crippen LogP) is 3.03. The molecule has 9 heteroatoms. The number of aliphatic hydroxyl groups is 1. The number of benzene rings is 1. The lowest BCUT2D eigenvalue weighted by Gasteiger charge is -2.39. The summed E-state index contributed by atoms with van der Waals surface area (Å²) in [5, 5.41) is 22.6. The number of anilines is 1. The lowest BCUT2D eigenvalue weighted by Crippen LogP contribution is -2.50. The molecule has 1 aromatic heterocycles. The van der Waals surface area contributed by atoms with Gasteiger partial charge in [-0.3, -0.25) is 0 Å². The second kappa shape index (κ2) is 10.1. The first kappa shape index (κ1) is 25.5. The molecule has 2 saturated heterocycles. The molecule has 0 bridgehead atoms. The molecule has 2 fully saturated rings. The average molecular weight is 550 g/mol. The van der Waals surface area contributed by atoms with Crippen LogP contribution in [0.5, 0.6) is 0 Å². The van der Waals surface area contributed by atoms with Crippen LogP contribution in [0.25, 0.3) is 5.57 Å². The fourth-order valence-corrected chi connectivity index (χ4v) is 9.95. The molecule has 0 spiro atoms. The van der Waals surface area contributed by atoms with Crippen LogP contribution in [0.4, 0.5) is 5.69 Å². The number of hydrogen-bond donors (Lipinski definition) is 2. The molecule has 1 aromatic carbocycles. The zero-order valence-corrected chi connectivity index (χ0v) is 23.6. The zero-order chi connectivity index (χ0) is 26.4. The topological polar surface area (TPSA) is 82.2 Å². The van der Waals surface area contributed by atoms with Crippen LogP contribution in [0.1, 0.15) is 25.7 Å². The van der Waals surface area contributed by atoms with E-state index in [-0.39, 0.29) is 11.5 Å². The Morgan fingerprint density at radius 1 is 1.05 bits per heavy atom. The van der Waals surface area contributed by atoms with Crippen molar-refractivity contribution in [2.24, 2.45) is 0 Å². The van der Waals surface area contributed by atoms with Crippen LogP contribution < -0.4 is 10.1 Å². The number of carboxylic acids is 1. The third-order valence-electron chi connectivity index (χ3n) is 8.05. The summed E-state index contributed by atoms with van der Waals surface area (Å²) < 4.78 is 13.6. The SMILES string of the molecule is C[Si]1(C)C2=CC(=[N+]3CCOCC3)C=CC2=C(c2cc(CO)sc2C(=O)O)c2ccc(N3CCOCC3)cc21. The van der Waals surface area contributed by atoms with Crippen molar-refractivity contribution >= 4 is 47.5 Å². The van der Waals surface area contributed by atoms with E-state index in [0.29, 0.717) is 10.4 Å². The van der Waals surface area contributed by atoms with Crippen molar-refractivity contribution in [3.05, 3.63) is 74.1 Å². The summed E-state index contributed by atoms with van der Waals surface area (Å²) in [6.07, 6.45) is 6.70. The first-order chi connectivity index (χ1) is 18.4.